The summed E-state index contributed by atoms with van der Waals surface area (Å²) in [6.45, 7) is 3.45. The SMILES string of the molecule is COc1ccc(C(OC[C@H]2O[C@@H](n3cnc4c(=O)[nH]c(NC(=O)C(C)C)nc43)C[C@@H]2O[P+](=O)S)(c2ccccc2)c2ccc(OC)cc2)cc1. The number of hydrogen-bond donors (Lipinski definition) is 3. The van der Waals surface area contributed by atoms with Crippen molar-refractivity contribution >= 4 is 42.5 Å². The highest BCUT2D eigenvalue weighted by Gasteiger charge is 2.45. The number of anilines is 1. The average Bonchev–Trinajstić information content (AvgIpc) is 3.73. The van der Waals surface area contributed by atoms with Crippen molar-refractivity contribution < 1.29 is 32.8 Å². The van der Waals surface area contributed by atoms with Gasteiger partial charge in [-0.15, -0.1) is 4.52 Å². The van der Waals surface area contributed by atoms with Gasteiger partial charge in [0, 0.05) is 12.3 Å². The molecule has 4 atom stereocenters. The lowest BCUT2D eigenvalue weighted by Crippen LogP contribution is -2.38. The van der Waals surface area contributed by atoms with Gasteiger partial charge in [0.1, 0.15) is 47.8 Å². The van der Waals surface area contributed by atoms with Crippen molar-refractivity contribution in [2.45, 2.75) is 44.3 Å². The molecule has 15 heteroatoms. The normalized spacial score (nSPS) is 18.0. The average molecular weight is 719 g/mol. The first-order valence-electron chi connectivity index (χ1n) is 15.9. The number of amides is 1. The second-order valence-corrected chi connectivity index (χ2v) is 13.6. The van der Waals surface area contributed by atoms with Crippen molar-refractivity contribution in [3.63, 3.8) is 0 Å². The number of nitrogens with zero attached hydrogens (tertiary/aromatic N) is 3. The highest BCUT2D eigenvalue weighted by atomic mass is 32.7. The number of carbonyl (C=O) groups is 1. The second kappa shape index (κ2) is 15.1. The van der Waals surface area contributed by atoms with Gasteiger partial charge in [0.05, 0.1) is 27.2 Å². The van der Waals surface area contributed by atoms with Crippen LogP contribution in [0.3, 0.4) is 0 Å². The predicted molar refractivity (Wildman–Crippen MR) is 190 cm³/mol. The van der Waals surface area contributed by atoms with Gasteiger partial charge in [0.25, 0.3) is 5.56 Å². The molecule has 0 radical (unpaired) electrons. The molecule has 1 fully saturated rings. The Hall–Kier alpha value is -4.59. The third-order valence-electron chi connectivity index (χ3n) is 8.55. The van der Waals surface area contributed by atoms with Crippen LogP contribution in [0.25, 0.3) is 11.2 Å². The Bertz CT molecular complexity index is 1970. The zero-order valence-corrected chi connectivity index (χ0v) is 29.6. The minimum Gasteiger partial charge on any atom is -0.497 e. The fourth-order valence-corrected chi connectivity index (χ4v) is 6.80. The van der Waals surface area contributed by atoms with Gasteiger partial charge in [-0.05, 0) is 45.5 Å². The van der Waals surface area contributed by atoms with Crippen molar-refractivity contribution in [2.75, 3.05) is 26.1 Å². The Labute approximate surface area is 294 Å². The quantitative estimate of drug-likeness (QED) is 0.0750. The fourth-order valence-electron chi connectivity index (χ4n) is 5.99. The lowest BCUT2D eigenvalue weighted by atomic mass is 9.80. The number of thiol groups is 1. The van der Waals surface area contributed by atoms with Crippen LogP contribution in [0.5, 0.6) is 11.5 Å². The molecule has 6 rings (SSSR count). The van der Waals surface area contributed by atoms with Crippen molar-refractivity contribution in [1.29, 1.82) is 0 Å². The van der Waals surface area contributed by atoms with Gasteiger partial charge in [-0.1, -0.05) is 68.4 Å². The number of methoxy groups -OCH3 is 2. The van der Waals surface area contributed by atoms with E-state index in [-0.39, 0.29) is 42.0 Å². The summed E-state index contributed by atoms with van der Waals surface area (Å²) in [5, 5.41) is 2.63. The molecule has 13 nitrogen and oxygen atoms in total. The monoisotopic (exact) mass is 718 g/mol. The topological polar surface area (TPSA) is 156 Å². The maximum Gasteiger partial charge on any atom is 0.582 e. The van der Waals surface area contributed by atoms with Gasteiger partial charge in [0.15, 0.2) is 11.2 Å². The van der Waals surface area contributed by atoms with E-state index in [2.05, 4.69) is 32.5 Å². The molecule has 1 aliphatic heterocycles. The molecule has 0 aliphatic carbocycles. The number of benzene rings is 3. The number of fused-ring (bicyclic) bond motifs is 1. The summed E-state index contributed by atoms with van der Waals surface area (Å²) in [6, 6.07) is 25.1. The summed E-state index contributed by atoms with van der Waals surface area (Å²) < 4.78 is 44.2. The van der Waals surface area contributed by atoms with Crippen LogP contribution in [-0.4, -0.2) is 58.5 Å². The number of hydrogen-bond acceptors (Lipinski definition) is 10. The second-order valence-electron chi connectivity index (χ2n) is 11.9. The zero-order chi connectivity index (χ0) is 35.4. The van der Waals surface area contributed by atoms with E-state index in [0.29, 0.717) is 11.5 Å². The molecular formula is C35H37N5O8PS+. The molecule has 0 spiro atoms. The standard InChI is InChI=1S/C35H36N5O8PS/c1-21(2)32(41)38-34-37-31-30(33(42)39-34)36-20-40(31)29-18-27(48-49(43)50)28(47-29)19-46-35(22-8-6-5-7-9-22,23-10-14-25(44-3)15-11-23)24-12-16-26(45-4)17-13-24/h5-17,20-21,27-29H,18-19H2,1-4H3,(H2-,37,38,39,41,42,43,50)/p+1/t27-,28+,29+/m0/s1. The Morgan fingerprint density at radius 1 is 1.02 bits per heavy atom. The fraction of sp³-hybridized carbons (Fsp3) is 0.314. The highest BCUT2D eigenvalue weighted by Crippen LogP contribution is 2.44. The maximum absolute atomic E-state index is 12.9. The molecule has 5 aromatic rings. The van der Waals surface area contributed by atoms with E-state index in [1.807, 2.05) is 78.9 Å². The minimum atomic E-state index is -2.32. The number of rotatable bonds is 13. The van der Waals surface area contributed by atoms with Crippen LogP contribution < -0.4 is 20.3 Å². The lowest BCUT2D eigenvalue weighted by molar-refractivity contribution is -0.118. The van der Waals surface area contributed by atoms with Crippen LogP contribution in [-0.2, 0) is 29.0 Å². The van der Waals surface area contributed by atoms with Crippen LogP contribution in [0.2, 0.25) is 0 Å². The molecular weight excluding hydrogens is 681 g/mol. The molecule has 1 aliphatic rings. The molecule has 0 saturated carbocycles. The van der Waals surface area contributed by atoms with Crippen molar-refractivity contribution in [3.8, 4) is 11.5 Å². The van der Waals surface area contributed by atoms with Crippen molar-refractivity contribution in [2.24, 2.45) is 5.92 Å². The van der Waals surface area contributed by atoms with E-state index in [1.165, 1.54) is 6.33 Å². The van der Waals surface area contributed by atoms with Crippen LogP contribution >= 0.6 is 19.5 Å². The van der Waals surface area contributed by atoms with Gasteiger partial charge < -0.3 is 18.9 Å². The summed E-state index contributed by atoms with van der Waals surface area (Å²) in [7, 11) is 0.898. The molecule has 3 heterocycles. The highest BCUT2D eigenvalue weighted by molar-refractivity contribution is 8.39. The third-order valence-corrected chi connectivity index (χ3v) is 9.29. The number of aromatic nitrogens is 4. The number of H-pyrrole nitrogens is 1. The summed E-state index contributed by atoms with van der Waals surface area (Å²) in [5.74, 6) is 0.712. The van der Waals surface area contributed by atoms with E-state index in [9.17, 15) is 14.2 Å². The summed E-state index contributed by atoms with van der Waals surface area (Å²) in [6.07, 6.45) is -0.550. The Balaban J connectivity index is 1.38. The van der Waals surface area contributed by atoms with Crippen LogP contribution in [0.15, 0.2) is 90.0 Å². The molecule has 3 aromatic carbocycles. The maximum atomic E-state index is 12.9. The molecule has 1 unspecified atom stereocenters. The van der Waals surface area contributed by atoms with E-state index in [0.717, 1.165) is 16.7 Å². The van der Waals surface area contributed by atoms with Crippen molar-refractivity contribution in [1.82, 2.24) is 19.5 Å². The Morgan fingerprint density at radius 3 is 2.18 bits per heavy atom. The van der Waals surface area contributed by atoms with Gasteiger partial charge in [-0.3, -0.25) is 24.5 Å². The van der Waals surface area contributed by atoms with E-state index >= 15 is 0 Å². The predicted octanol–water partition coefficient (Wildman–Crippen LogP) is 6.00. The third kappa shape index (κ3) is 7.16. The summed E-state index contributed by atoms with van der Waals surface area (Å²) >= 11 is 4.04. The number of ether oxygens (including phenoxy) is 4. The number of aromatic amines is 1. The molecule has 1 amide bonds. The number of nitrogens with one attached hydrogen (secondary N) is 2. The van der Waals surface area contributed by atoms with Crippen LogP contribution in [0.1, 0.15) is 43.2 Å². The lowest BCUT2D eigenvalue weighted by Gasteiger charge is -2.37. The molecule has 0 bridgehead atoms. The summed E-state index contributed by atoms with van der Waals surface area (Å²) in [5.41, 5.74) is 1.09. The number of imidazole rings is 1. The van der Waals surface area contributed by atoms with Gasteiger partial charge in [-0.2, -0.15) is 4.98 Å². The van der Waals surface area contributed by atoms with Crippen LogP contribution in [0.4, 0.5) is 5.95 Å². The minimum absolute atomic E-state index is 0.0125. The van der Waals surface area contributed by atoms with E-state index in [1.54, 1.807) is 32.6 Å². The summed E-state index contributed by atoms with van der Waals surface area (Å²) in [4.78, 5) is 36.5. The molecule has 260 valence electrons. The van der Waals surface area contributed by atoms with E-state index < -0.39 is 36.8 Å². The Morgan fingerprint density at radius 2 is 1.62 bits per heavy atom. The molecule has 2 N–H and O–H groups in total. The largest absolute Gasteiger partial charge is 0.582 e. The molecule has 2 aromatic heterocycles. The first kappa shape index (κ1) is 35.2. The van der Waals surface area contributed by atoms with Crippen LogP contribution in [0, 0.1) is 5.92 Å². The smallest absolute Gasteiger partial charge is 0.497 e. The zero-order valence-electron chi connectivity index (χ0n) is 27.8. The van der Waals surface area contributed by atoms with Gasteiger partial charge in [0.2, 0.25) is 11.9 Å². The number of carbonyl (C=O) groups excluding carboxylic acids is 1. The Kier molecular flexibility index (Phi) is 10.7. The first-order chi connectivity index (χ1) is 24.1. The molecule has 1 saturated heterocycles. The van der Waals surface area contributed by atoms with Crippen molar-refractivity contribution in [3.05, 3.63) is 112 Å². The first-order valence-corrected chi connectivity index (χ1v) is 18.2. The van der Waals surface area contributed by atoms with Gasteiger partial charge in [-0.25, -0.2) is 4.98 Å². The molecule has 50 heavy (non-hydrogen) atoms. The van der Waals surface area contributed by atoms with E-state index in [4.69, 9.17) is 23.5 Å². The van der Waals surface area contributed by atoms with Gasteiger partial charge >= 0.3 is 7.23 Å².